The Labute approximate surface area is 120 Å². The highest BCUT2D eigenvalue weighted by molar-refractivity contribution is 7.16. The number of carbonyl (C=O) groups is 1. The fourth-order valence-electron chi connectivity index (χ4n) is 1.61. The molecule has 0 aliphatic heterocycles. The Morgan fingerprint density at radius 2 is 2.26 bits per heavy atom. The normalized spacial score (nSPS) is 10.2. The van der Waals surface area contributed by atoms with E-state index >= 15 is 0 Å². The first kappa shape index (κ1) is 13.8. The van der Waals surface area contributed by atoms with E-state index in [0.29, 0.717) is 17.9 Å². The number of nitrogens with one attached hydrogen (secondary N) is 2. The molecule has 4 nitrogen and oxygen atoms in total. The predicted molar refractivity (Wildman–Crippen MR) is 78.9 cm³/mol. The summed E-state index contributed by atoms with van der Waals surface area (Å²) in [6, 6.07) is 7.23. The van der Waals surface area contributed by atoms with Crippen molar-refractivity contribution in [2.45, 2.75) is 13.5 Å². The number of anilines is 1. The molecule has 0 spiro atoms. The van der Waals surface area contributed by atoms with Crippen LogP contribution < -0.4 is 10.6 Å². The van der Waals surface area contributed by atoms with Gasteiger partial charge in [0.05, 0.1) is 16.4 Å². The second-order valence-electron chi connectivity index (χ2n) is 3.82. The third-order valence-electron chi connectivity index (χ3n) is 2.45. The molecule has 0 saturated carbocycles. The van der Waals surface area contributed by atoms with Crippen molar-refractivity contribution >= 4 is 34.7 Å². The number of hydrogen-bond donors (Lipinski definition) is 2. The van der Waals surface area contributed by atoms with E-state index in [1.54, 1.807) is 18.3 Å². The van der Waals surface area contributed by atoms with Crippen molar-refractivity contribution < 1.29 is 4.79 Å². The van der Waals surface area contributed by atoms with Crippen LogP contribution in [0.1, 0.15) is 22.2 Å². The van der Waals surface area contributed by atoms with Crippen molar-refractivity contribution in [3.05, 3.63) is 45.2 Å². The van der Waals surface area contributed by atoms with E-state index in [-0.39, 0.29) is 5.91 Å². The van der Waals surface area contributed by atoms with Crippen molar-refractivity contribution in [3.8, 4) is 0 Å². The van der Waals surface area contributed by atoms with Gasteiger partial charge in [0, 0.05) is 17.6 Å². The van der Waals surface area contributed by atoms with Gasteiger partial charge in [-0.3, -0.25) is 4.79 Å². The standard InChI is InChI=1S/C13H14ClN3OS/c1-2-15-12-10(4-3-7-16-12)13(18)17-8-9-5-6-11(14)19-9/h3-7H,2,8H2,1H3,(H,15,16)(H,17,18). The van der Waals surface area contributed by atoms with Gasteiger partial charge in [0.2, 0.25) is 0 Å². The van der Waals surface area contributed by atoms with E-state index in [4.69, 9.17) is 11.6 Å². The Morgan fingerprint density at radius 1 is 1.42 bits per heavy atom. The first-order chi connectivity index (χ1) is 9.20. The van der Waals surface area contributed by atoms with E-state index in [9.17, 15) is 4.79 Å². The quantitative estimate of drug-likeness (QED) is 0.891. The number of thiophene rings is 1. The van der Waals surface area contributed by atoms with E-state index in [0.717, 1.165) is 15.8 Å². The molecule has 0 atom stereocenters. The molecular weight excluding hydrogens is 282 g/mol. The van der Waals surface area contributed by atoms with Gasteiger partial charge in [-0.2, -0.15) is 0 Å². The summed E-state index contributed by atoms with van der Waals surface area (Å²) in [4.78, 5) is 17.3. The zero-order valence-electron chi connectivity index (χ0n) is 10.4. The van der Waals surface area contributed by atoms with Crippen LogP contribution in [0.5, 0.6) is 0 Å². The Balaban J connectivity index is 2.03. The minimum atomic E-state index is -0.145. The summed E-state index contributed by atoms with van der Waals surface area (Å²) in [6.45, 7) is 3.15. The summed E-state index contributed by atoms with van der Waals surface area (Å²) in [5.41, 5.74) is 0.548. The van der Waals surface area contributed by atoms with Gasteiger partial charge in [0.25, 0.3) is 5.91 Å². The van der Waals surface area contributed by atoms with Crippen molar-refractivity contribution in [3.63, 3.8) is 0 Å². The zero-order valence-corrected chi connectivity index (χ0v) is 12.0. The topological polar surface area (TPSA) is 54.0 Å². The van der Waals surface area contributed by atoms with Gasteiger partial charge in [0.1, 0.15) is 5.82 Å². The average molecular weight is 296 g/mol. The highest BCUT2D eigenvalue weighted by Gasteiger charge is 2.11. The van der Waals surface area contributed by atoms with E-state index in [1.165, 1.54) is 11.3 Å². The molecule has 0 fully saturated rings. The number of nitrogens with zero attached hydrogens (tertiary/aromatic N) is 1. The fourth-order valence-corrected chi connectivity index (χ4v) is 2.63. The summed E-state index contributed by atoms with van der Waals surface area (Å²) in [5.74, 6) is 0.459. The van der Waals surface area contributed by atoms with Crippen LogP contribution in [0.25, 0.3) is 0 Å². The summed E-state index contributed by atoms with van der Waals surface area (Å²) in [5, 5.41) is 5.93. The highest BCUT2D eigenvalue weighted by Crippen LogP contribution is 2.21. The molecule has 100 valence electrons. The van der Waals surface area contributed by atoms with Crippen LogP contribution in [0.15, 0.2) is 30.5 Å². The maximum atomic E-state index is 12.1. The van der Waals surface area contributed by atoms with Crippen LogP contribution in [0.2, 0.25) is 4.34 Å². The van der Waals surface area contributed by atoms with E-state index < -0.39 is 0 Å². The van der Waals surface area contributed by atoms with Gasteiger partial charge in [-0.05, 0) is 31.2 Å². The first-order valence-electron chi connectivity index (χ1n) is 5.92. The van der Waals surface area contributed by atoms with Crippen LogP contribution in [-0.4, -0.2) is 17.4 Å². The number of amides is 1. The molecule has 0 bridgehead atoms. The van der Waals surface area contributed by atoms with Crippen LogP contribution in [-0.2, 0) is 6.54 Å². The molecule has 0 saturated heterocycles. The molecule has 19 heavy (non-hydrogen) atoms. The maximum Gasteiger partial charge on any atom is 0.255 e. The number of carbonyl (C=O) groups excluding carboxylic acids is 1. The van der Waals surface area contributed by atoms with E-state index in [2.05, 4.69) is 15.6 Å². The molecule has 0 aromatic carbocycles. The van der Waals surface area contributed by atoms with E-state index in [1.807, 2.05) is 19.1 Å². The summed E-state index contributed by atoms with van der Waals surface area (Å²) in [6.07, 6.45) is 1.66. The second kappa shape index (κ2) is 6.54. The van der Waals surface area contributed by atoms with Gasteiger partial charge in [-0.1, -0.05) is 11.6 Å². The second-order valence-corrected chi connectivity index (χ2v) is 5.62. The molecule has 2 heterocycles. The lowest BCUT2D eigenvalue weighted by Gasteiger charge is -2.09. The summed E-state index contributed by atoms with van der Waals surface area (Å²) < 4.78 is 0.721. The Morgan fingerprint density at radius 3 is 2.95 bits per heavy atom. The van der Waals surface area contributed by atoms with Crippen molar-refractivity contribution in [1.29, 1.82) is 0 Å². The van der Waals surface area contributed by atoms with Crippen LogP contribution >= 0.6 is 22.9 Å². The molecule has 2 aromatic rings. The number of aromatic nitrogens is 1. The first-order valence-corrected chi connectivity index (χ1v) is 7.11. The summed E-state index contributed by atoms with van der Waals surface area (Å²) in [7, 11) is 0. The maximum absolute atomic E-state index is 12.1. The molecule has 2 aromatic heterocycles. The largest absolute Gasteiger partial charge is 0.370 e. The number of pyridine rings is 1. The molecule has 6 heteroatoms. The predicted octanol–water partition coefficient (Wildman–Crippen LogP) is 3.16. The highest BCUT2D eigenvalue weighted by atomic mass is 35.5. The van der Waals surface area contributed by atoms with Crippen LogP contribution in [0, 0.1) is 0 Å². The zero-order chi connectivity index (χ0) is 13.7. The number of rotatable bonds is 5. The van der Waals surface area contributed by atoms with Gasteiger partial charge in [-0.25, -0.2) is 4.98 Å². The molecule has 0 radical (unpaired) electrons. The third-order valence-corrected chi connectivity index (χ3v) is 3.68. The van der Waals surface area contributed by atoms with Crippen molar-refractivity contribution in [1.82, 2.24) is 10.3 Å². The molecule has 2 N–H and O–H groups in total. The van der Waals surface area contributed by atoms with Crippen molar-refractivity contribution in [2.24, 2.45) is 0 Å². The minimum absolute atomic E-state index is 0.145. The Hall–Kier alpha value is -1.59. The Bertz CT molecular complexity index is 571. The third kappa shape index (κ3) is 3.68. The minimum Gasteiger partial charge on any atom is -0.370 e. The molecular formula is C13H14ClN3OS. The molecule has 0 aliphatic rings. The van der Waals surface area contributed by atoms with Crippen molar-refractivity contribution in [2.75, 3.05) is 11.9 Å². The van der Waals surface area contributed by atoms with Gasteiger partial charge in [-0.15, -0.1) is 11.3 Å². The average Bonchev–Trinajstić information content (AvgIpc) is 2.83. The van der Waals surface area contributed by atoms with Gasteiger partial charge in [0.15, 0.2) is 0 Å². The summed E-state index contributed by atoms with van der Waals surface area (Å²) >= 11 is 7.30. The number of hydrogen-bond acceptors (Lipinski definition) is 4. The SMILES string of the molecule is CCNc1ncccc1C(=O)NCc1ccc(Cl)s1. The Kier molecular flexibility index (Phi) is 4.76. The molecule has 0 unspecified atom stereocenters. The van der Waals surface area contributed by atoms with Crippen LogP contribution in [0.3, 0.4) is 0 Å². The fraction of sp³-hybridized carbons (Fsp3) is 0.231. The molecule has 2 rings (SSSR count). The molecule has 1 amide bonds. The van der Waals surface area contributed by atoms with Gasteiger partial charge >= 0.3 is 0 Å². The lowest BCUT2D eigenvalue weighted by molar-refractivity contribution is 0.0952. The lowest BCUT2D eigenvalue weighted by atomic mass is 10.2. The van der Waals surface area contributed by atoms with Crippen LogP contribution in [0.4, 0.5) is 5.82 Å². The lowest BCUT2D eigenvalue weighted by Crippen LogP contribution is -2.23. The molecule has 0 aliphatic carbocycles. The monoisotopic (exact) mass is 295 g/mol. The number of halogens is 1. The van der Waals surface area contributed by atoms with Gasteiger partial charge < -0.3 is 10.6 Å². The smallest absolute Gasteiger partial charge is 0.255 e.